The lowest BCUT2D eigenvalue weighted by Gasteiger charge is -2.21. The molecule has 1 amide bonds. The Balaban J connectivity index is 1.72. The number of benzene rings is 2. The fourth-order valence-electron chi connectivity index (χ4n) is 2.63. The minimum absolute atomic E-state index is 0.259. The fourth-order valence-corrected chi connectivity index (χ4v) is 3.19. The average Bonchev–Trinajstić information content (AvgIpc) is 2.60. The summed E-state index contributed by atoms with van der Waals surface area (Å²) < 4.78 is 36.1. The first-order valence-electron chi connectivity index (χ1n) is 8.10. The maximum atomic E-state index is 12.5. The highest BCUT2D eigenvalue weighted by atomic mass is 32.2. The molecule has 0 aromatic heterocycles. The van der Waals surface area contributed by atoms with Crippen LogP contribution in [0.15, 0.2) is 42.5 Å². The molecule has 2 aromatic rings. The molecule has 2 N–H and O–H groups in total. The van der Waals surface area contributed by atoms with Crippen LogP contribution in [-0.2, 0) is 10.0 Å². The maximum absolute atomic E-state index is 12.5. The summed E-state index contributed by atoms with van der Waals surface area (Å²) in [7, 11) is -3.40. The van der Waals surface area contributed by atoms with Crippen LogP contribution in [-0.4, -0.2) is 33.8 Å². The molecule has 0 radical (unpaired) electrons. The van der Waals surface area contributed by atoms with Crippen LogP contribution in [0.5, 0.6) is 11.5 Å². The smallest absolute Gasteiger partial charge is 0.251 e. The number of fused-ring (bicyclic) bond motifs is 1. The van der Waals surface area contributed by atoms with Gasteiger partial charge in [-0.25, -0.2) is 8.42 Å². The van der Waals surface area contributed by atoms with E-state index in [9.17, 15) is 13.2 Å². The lowest BCUT2D eigenvalue weighted by molar-refractivity contribution is 0.0939. The van der Waals surface area contributed by atoms with Gasteiger partial charge in [0.2, 0.25) is 10.0 Å². The van der Waals surface area contributed by atoms with Gasteiger partial charge < -0.3 is 14.8 Å². The summed E-state index contributed by atoms with van der Waals surface area (Å²) in [6, 6.07) is 11.6. The molecule has 0 fully saturated rings. The number of amides is 1. The molecular weight excluding hydrogens is 356 g/mol. The van der Waals surface area contributed by atoms with E-state index in [2.05, 4.69) is 10.0 Å². The molecule has 0 saturated carbocycles. The SMILES string of the molecule is CC(NC(=O)c1cccc(NS(C)(=O)=O)c1)c1ccc2c(c1)OCCO2. The number of rotatable bonds is 5. The Bertz CT molecular complexity index is 927. The molecular formula is C18H20N2O5S. The zero-order valence-electron chi connectivity index (χ0n) is 14.5. The minimum atomic E-state index is -3.40. The van der Waals surface area contributed by atoms with Gasteiger partial charge in [-0.15, -0.1) is 0 Å². The minimum Gasteiger partial charge on any atom is -0.486 e. The molecule has 1 atom stereocenters. The third kappa shape index (κ3) is 4.45. The molecule has 3 rings (SSSR count). The Morgan fingerprint density at radius 2 is 1.81 bits per heavy atom. The molecule has 1 heterocycles. The van der Waals surface area contributed by atoms with Gasteiger partial charge in [-0.1, -0.05) is 12.1 Å². The van der Waals surface area contributed by atoms with E-state index in [1.165, 1.54) is 6.07 Å². The van der Waals surface area contributed by atoms with Crippen molar-refractivity contribution in [2.75, 3.05) is 24.2 Å². The second kappa shape index (κ2) is 7.25. The number of carbonyl (C=O) groups excluding carboxylic acids is 1. The van der Waals surface area contributed by atoms with Crippen molar-refractivity contribution < 1.29 is 22.7 Å². The van der Waals surface area contributed by atoms with Crippen molar-refractivity contribution in [3.8, 4) is 11.5 Å². The summed E-state index contributed by atoms with van der Waals surface area (Å²) in [5, 5.41) is 2.90. The van der Waals surface area contributed by atoms with Gasteiger partial charge in [0.05, 0.1) is 12.3 Å². The van der Waals surface area contributed by atoms with Crippen molar-refractivity contribution in [3.63, 3.8) is 0 Å². The van der Waals surface area contributed by atoms with E-state index in [1.807, 2.05) is 25.1 Å². The predicted molar refractivity (Wildman–Crippen MR) is 98.2 cm³/mol. The Morgan fingerprint density at radius 1 is 1.08 bits per heavy atom. The molecule has 1 unspecified atom stereocenters. The highest BCUT2D eigenvalue weighted by Crippen LogP contribution is 2.32. The van der Waals surface area contributed by atoms with Crippen LogP contribution < -0.4 is 19.5 Å². The van der Waals surface area contributed by atoms with E-state index in [-0.39, 0.29) is 11.9 Å². The molecule has 0 saturated heterocycles. The topological polar surface area (TPSA) is 93.7 Å². The van der Waals surface area contributed by atoms with Crippen molar-refractivity contribution in [1.29, 1.82) is 0 Å². The number of anilines is 1. The monoisotopic (exact) mass is 376 g/mol. The number of carbonyl (C=O) groups is 1. The first-order valence-corrected chi connectivity index (χ1v) is 9.99. The standard InChI is InChI=1S/C18H20N2O5S/c1-12(13-6-7-16-17(11-13)25-9-8-24-16)19-18(21)14-4-3-5-15(10-14)20-26(2,22)23/h3-7,10-12,20H,8-9H2,1-2H3,(H,19,21). The van der Waals surface area contributed by atoms with Gasteiger partial charge in [0, 0.05) is 11.3 Å². The number of sulfonamides is 1. The third-order valence-electron chi connectivity index (χ3n) is 3.84. The normalized spacial score (nSPS) is 14.4. The summed E-state index contributed by atoms with van der Waals surface area (Å²) in [6.07, 6.45) is 1.06. The van der Waals surface area contributed by atoms with Gasteiger partial charge in [0.15, 0.2) is 11.5 Å². The van der Waals surface area contributed by atoms with E-state index in [0.29, 0.717) is 36.0 Å². The van der Waals surface area contributed by atoms with Gasteiger partial charge in [0.25, 0.3) is 5.91 Å². The molecule has 1 aliphatic rings. The Kier molecular flexibility index (Phi) is 5.03. The number of hydrogen-bond donors (Lipinski definition) is 2. The van der Waals surface area contributed by atoms with Crippen molar-refractivity contribution in [2.24, 2.45) is 0 Å². The Hall–Kier alpha value is -2.74. The van der Waals surface area contributed by atoms with E-state index < -0.39 is 10.0 Å². The molecule has 1 aliphatic heterocycles. The molecule has 0 spiro atoms. The molecule has 2 aromatic carbocycles. The van der Waals surface area contributed by atoms with Gasteiger partial charge in [0.1, 0.15) is 13.2 Å². The highest BCUT2D eigenvalue weighted by molar-refractivity contribution is 7.92. The summed E-state index contributed by atoms with van der Waals surface area (Å²) >= 11 is 0. The highest BCUT2D eigenvalue weighted by Gasteiger charge is 2.17. The van der Waals surface area contributed by atoms with Gasteiger partial charge in [-0.05, 0) is 42.8 Å². The summed E-state index contributed by atoms with van der Waals surface area (Å²) in [6.45, 7) is 2.88. The molecule has 0 bridgehead atoms. The van der Waals surface area contributed by atoms with Gasteiger partial charge in [-0.2, -0.15) is 0 Å². The van der Waals surface area contributed by atoms with E-state index >= 15 is 0 Å². The van der Waals surface area contributed by atoms with Crippen LogP contribution in [0.25, 0.3) is 0 Å². The lowest BCUT2D eigenvalue weighted by atomic mass is 10.1. The first-order chi connectivity index (χ1) is 12.3. The Morgan fingerprint density at radius 3 is 2.54 bits per heavy atom. The van der Waals surface area contributed by atoms with E-state index in [4.69, 9.17) is 9.47 Å². The van der Waals surface area contributed by atoms with Crippen molar-refractivity contribution in [3.05, 3.63) is 53.6 Å². The number of nitrogens with one attached hydrogen (secondary N) is 2. The first kappa shape index (κ1) is 18.1. The second-order valence-electron chi connectivity index (χ2n) is 6.05. The Labute approximate surface area is 152 Å². The molecule has 26 heavy (non-hydrogen) atoms. The van der Waals surface area contributed by atoms with Crippen LogP contribution >= 0.6 is 0 Å². The molecule has 8 heteroatoms. The maximum Gasteiger partial charge on any atom is 0.251 e. The molecule has 0 aliphatic carbocycles. The predicted octanol–water partition coefficient (Wildman–Crippen LogP) is 2.32. The molecule has 138 valence electrons. The van der Waals surface area contributed by atoms with Crippen molar-refractivity contribution in [2.45, 2.75) is 13.0 Å². The van der Waals surface area contributed by atoms with Crippen LogP contribution in [0, 0.1) is 0 Å². The number of hydrogen-bond acceptors (Lipinski definition) is 5. The van der Waals surface area contributed by atoms with Gasteiger partial charge >= 0.3 is 0 Å². The van der Waals surface area contributed by atoms with E-state index in [0.717, 1.165) is 11.8 Å². The zero-order valence-corrected chi connectivity index (χ0v) is 15.3. The summed E-state index contributed by atoms with van der Waals surface area (Å²) in [5.74, 6) is 1.05. The van der Waals surface area contributed by atoms with Crippen molar-refractivity contribution >= 4 is 21.6 Å². The fraction of sp³-hybridized carbons (Fsp3) is 0.278. The largest absolute Gasteiger partial charge is 0.486 e. The van der Waals surface area contributed by atoms with Crippen LogP contribution in [0.2, 0.25) is 0 Å². The van der Waals surface area contributed by atoms with Crippen molar-refractivity contribution in [1.82, 2.24) is 5.32 Å². The van der Waals surface area contributed by atoms with Crippen LogP contribution in [0.4, 0.5) is 5.69 Å². The second-order valence-corrected chi connectivity index (χ2v) is 7.80. The molecule has 7 nitrogen and oxygen atoms in total. The summed E-state index contributed by atoms with van der Waals surface area (Å²) in [5.41, 5.74) is 1.59. The van der Waals surface area contributed by atoms with E-state index in [1.54, 1.807) is 18.2 Å². The van der Waals surface area contributed by atoms with Crippen LogP contribution in [0.1, 0.15) is 28.9 Å². The number of ether oxygens (including phenoxy) is 2. The zero-order chi connectivity index (χ0) is 18.7. The van der Waals surface area contributed by atoms with Gasteiger partial charge in [-0.3, -0.25) is 9.52 Å². The quantitative estimate of drug-likeness (QED) is 0.835. The summed E-state index contributed by atoms with van der Waals surface area (Å²) in [4.78, 5) is 12.5. The lowest BCUT2D eigenvalue weighted by Crippen LogP contribution is -2.27. The third-order valence-corrected chi connectivity index (χ3v) is 4.45. The average molecular weight is 376 g/mol. The van der Waals surface area contributed by atoms with Crippen LogP contribution in [0.3, 0.4) is 0 Å².